The third-order valence-corrected chi connectivity index (χ3v) is 10.5. The second-order valence-electron chi connectivity index (χ2n) is 13.3. The third-order valence-electron chi connectivity index (χ3n) is 10.5. The van der Waals surface area contributed by atoms with Crippen LogP contribution in [0.5, 0.6) is 17.2 Å². The Kier molecular flexibility index (Phi) is 6.44. The second kappa shape index (κ2) is 10.8. The summed E-state index contributed by atoms with van der Waals surface area (Å²) in [7, 11) is 0. The molecular formula is C44H32O5. The van der Waals surface area contributed by atoms with Gasteiger partial charge in [0.1, 0.15) is 30.5 Å². The summed E-state index contributed by atoms with van der Waals surface area (Å²) >= 11 is 0. The fraction of sp³-hybridized carbons (Fsp3) is 0.136. The molecule has 0 N–H and O–H groups in total. The third kappa shape index (κ3) is 4.25. The lowest BCUT2D eigenvalue weighted by Crippen LogP contribution is -2.31. The number of rotatable bonds is 5. The van der Waals surface area contributed by atoms with Crippen LogP contribution in [0, 0.1) is 6.92 Å². The maximum atomic E-state index is 13.6. The summed E-state index contributed by atoms with van der Waals surface area (Å²) in [6.45, 7) is 4.61. The number of hydrogen-bond donors (Lipinski definition) is 0. The number of esters is 1. The highest BCUT2D eigenvalue weighted by Crippen LogP contribution is 2.56. The Hall–Kier alpha value is -5.94. The van der Waals surface area contributed by atoms with Crippen LogP contribution in [0.15, 0.2) is 133 Å². The van der Waals surface area contributed by atoms with Crippen LogP contribution in [-0.4, -0.2) is 25.0 Å². The normalized spacial score (nSPS) is 17.3. The second-order valence-corrected chi connectivity index (χ2v) is 13.3. The van der Waals surface area contributed by atoms with Crippen molar-refractivity contribution < 1.29 is 23.8 Å². The Morgan fingerprint density at radius 1 is 0.592 bits per heavy atom. The number of benzene rings is 6. The van der Waals surface area contributed by atoms with E-state index in [2.05, 4.69) is 73.7 Å². The van der Waals surface area contributed by atoms with Gasteiger partial charge in [0.25, 0.3) is 0 Å². The summed E-state index contributed by atoms with van der Waals surface area (Å²) in [5, 5.41) is 0. The van der Waals surface area contributed by atoms with Gasteiger partial charge in [-0.3, -0.25) is 4.79 Å². The van der Waals surface area contributed by atoms with Crippen LogP contribution >= 0.6 is 0 Å². The molecule has 0 aromatic heterocycles. The van der Waals surface area contributed by atoms with E-state index in [0.29, 0.717) is 30.1 Å². The number of Topliss-reactive ketones (excluding diaryl/α,β-unsaturated/α-hetero) is 1. The van der Waals surface area contributed by atoms with Gasteiger partial charge in [0.15, 0.2) is 5.78 Å². The first-order valence-electron chi connectivity index (χ1n) is 16.5. The Morgan fingerprint density at radius 2 is 1.12 bits per heavy atom. The van der Waals surface area contributed by atoms with Gasteiger partial charge in [-0.1, -0.05) is 103 Å². The fourth-order valence-corrected chi connectivity index (χ4v) is 8.12. The first kappa shape index (κ1) is 29.2. The zero-order chi connectivity index (χ0) is 33.3. The summed E-state index contributed by atoms with van der Waals surface area (Å²) in [5.41, 5.74) is 9.97. The zero-order valence-corrected chi connectivity index (χ0v) is 27.2. The molecule has 0 amide bonds. The molecule has 1 aliphatic carbocycles. The van der Waals surface area contributed by atoms with Crippen molar-refractivity contribution >= 4 is 11.8 Å². The minimum atomic E-state index is -0.642. The summed E-state index contributed by atoms with van der Waals surface area (Å²) in [4.78, 5) is 25.8. The quantitative estimate of drug-likeness (QED) is 0.107. The van der Waals surface area contributed by atoms with E-state index in [1.807, 2.05) is 60.7 Å². The monoisotopic (exact) mass is 640 g/mol. The largest absolute Gasteiger partial charge is 0.492 e. The van der Waals surface area contributed by atoms with E-state index < -0.39 is 16.8 Å². The zero-order valence-electron chi connectivity index (χ0n) is 27.2. The highest BCUT2D eigenvalue weighted by Gasteiger charge is 2.49. The maximum absolute atomic E-state index is 13.6. The lowest BCUT2D eigenvalue weighted by Gasteiger charge is -2.34. The predicted octanol–water partition coefficient (Wildman–Crippen LogP) is 8.85. The molecule has 0 bridgehead atoms. The van der Waals surface area contributed by atoms with Gasteiger partial charge in [-0.25, -0.2) is 4.79 Å². The highest BCUT2D eigenvalue weighted by molar-refractivity contribution is 5.94. The molecular weight excluding hydrogens is 608 g/mol. The van der Waals surface area contributed by atoms with E-state index in [4.69, 9.17) is 14.2 Å². The lowest BCUT2D eigenvalue weighted by molar-refractivity contribution is 0.0734. The van der Waals surface area contributed by atoms with E-state index in [0.717, 1.165) is 50.4 Å². The average molecular weight is 641 g/mol. The van der Waals surface area contributed by atoms with E-state index in [1.54, 1.807) is 13.0 Å². The molecule has 0 saturated heterocycles. The van der Waals surface area contributed by atoms with Crippen LogP contribution in [0.1, 0.15) is 66.6 Å². The average Bonchev–Trinajstić information content (AvgIpc) is 3.79. The molecule has 5 heteroatoms. The standard InChI is InChI=1S/C44H32O5/c1-27-11-21-40-38(23-27)43(25-47-40)26-48-41-22-20-33(24-39(41)43)49-42(46)30-14-18-32(19-15-30)44(31-16-12-29(13-17-31)28(2)45)36-9-5-3-7-34(36)35-8-4-6-10-37(35)44/h3-24H,25-26H2,1-2H3. The molecule has 0 radical (unpaired) electrons. The van der Waals surface area contributed by atoms with Crippen molar-refractivity contribution in [3.63, 3.8) is 0 Å². The van der Waals surface area contributed by atoms with Crippen LogP contribution < -0.4 is 14.2 Å². The number of hydrogen-bond acceptors (Lipinski definition) is 5. The number of ether oxygens (including phenoxy) is 3. The van der Waals surface area contributed by atoms with Gasteiger partial charge in [-0.05, 0) is 83.6 Å². The molecule has 1 atom stereocenters. The minimum Gasteiger partial charge on any atom is -0.492 e. The van der Waals surface area contributed by atoms with Gasteiger partial charge in [0.05, 0.1) is 16.4 Å². The van der Waals surface area contributed by atoms with Crippen molar-refractivity contribution in [2.24, 2.45) is 0 Å². The fourth-order valence-electron chi connectivity index (χ4n) is 8.12. The first-order chi connectivity index (χ1) is 23.9. The van der Waals surface area contributed by atoms with Crippen molar-refractivity contribution in [3.05, 3.63) is 184 Å². The molecule has 1 unspecified atom stereocenters. The number of carbonyl (C=O) groups excluding carboxylic acids is 2. The van der Waals surface area contributed by atoms with Crippen molar-refractivity contribution in [3.8, 4) is 28.4 Å². The molecule has 238 valence electrons. The van der Waals surface area contributed by atoms with Crippen LogP contribution in [0.25, 0.3) is 11.1 Å². The highest BCUT2D eigenvalue weighted by atomic mass is 16.5. The van der Waals surface area contributed by atoms with Gasteiger partial charge in [-0.15, -0.1) is 0 Å². The van der Waals surface area contributed by atoms with Gasteiger partial charge in [0, 0.05) is 16.7 Å². The summed E-state index contributed by atoms with van der Waals surface area (Å²) in [5.74, 6) is 1.69. The van der Waals surface area contributed by atoms with Crippen molar-refractivity contribution in [1.29, 1.82) is 0 Å². The van der Waals surface area contributed by atoms with Crippen LogP contribution in [-0.2, 0) is 10.8 Å². The van der Waals surface area contributed by atoms with Crippen LogP contribution in [0.4, 0.5) is 0 Å². The Labute approximate surface area is 284 Å². The molecule has 0 saturated carbocycles. The topological polar surface area (TPSA) is 61.8 Å². The van der Waals surface area contributed by atoms with Gasteiger partial charge >= 0.3 is 5.97 Å². The summed E-state index contributed by atoms with van der Waals surface area (Å²) < 4.78 is 18.2. The number of fused-ring (bicyclic) bond motifs is 7. The SMILES string of the molecule is CC(=O)c1ccc(C2(c3ccc(C(=O)Oc4ccc5c(c4)C4(COc6ccc(C)cc64)CO5)cc3)c3ccccc3-c3ccccc32)cc1. The molecule has 2 heterocycles. The Morgan fingerprint density at radius 3 is 1.71 bits per heavy atom. The Bertz CT molecular complexity index is 2270. The molecule has 2 aliphatic heterocycles. The molecule has 6 aromatic carbocycles. The van der Waals surface area contributed by atoms with E-state index in [9.17, 15) is 9.59 Å². The first-order valence-corrected chi connectivity index (χ1v) is 16.5. The van der Waals surface area contributed by atoms with Gasteiger partial charge in [0.2, 0.25) is 0 Å². The van der Waals surface area contributed by atoms with Crippen molar-refractivity contribution in [1.82, 2.24) is 0 Å². The molecule has 0 fully saturated rings. The van der Waals surface area contributed by atoms with Crippen molar-refractivity contribution in [2.45, 2.75) is 24.7 Å². The smallest absolute Gasteiger partial charge is 0.343 e. The molecule has 5 nitrogen and oxygen atoms in total. The molecule has 49 heavy (non-hydrogen) atoms. The Balaban J connectivity index is 1.08. The summed E-state index contributed by atoms with van der Waals surface area (Å²) in [6.07, 6.45) is 0. The summed E-state index contributed by atoms with van der Waals surface area (Å²) in [6, 6.07) is 44.4. The van der Waals surface area contributed by atoms with E-state index in [1.165, 1.54) is 11.1 Å². The lowest BCUT2D eigenvalue weighted by atomic mass is 9.67. The number of aryl methyl sites for hydroxylation is 1. The molecule has 1 spiro atoms. The number of carbonyl (C=O) groups is 2. The van der Waals surface area contributed by atoms with E-state index in [-0.39, 0.29) is 5.78 Å². The van der Waals surface area contributed by atoms with E-state index >= 15 is 0 Å². The maximum Gasteiger partial charge on any atom is 0.343 e. The minimum absolute atomic E-state index is 0.0262. The molecule has 3 aliphatic rings. The van der Waals surface area contributed by atoms with Crippen LogP contribution in [0.3, 0.4) is 0 Å². The molecule has 9 rings (SSSR count). The molecule has 6 aromatic rings. The van der Waals surface area contributed by atoms with Crippen molar-refractivity contribution in [2.75, 3.05) is 13.2 Å². The predicted molar refractivity (Wildman–Crippen MR) is 188 cm³/mol. The van der Waals surface area contributed by atoms with Gasteiger partial charge in [-0.2, -0.15) is 0 Å². The van der Waals surface area contributed by atoms with Gasteiger partial charge < -0.3 is 14.2 Å². The van der Waals surface area contributed by atoms with Crippen LogP contribution in [0.2, 0.25) is 0 Å². The number of ketones is 1.